The number of nitrogens with zero attached hydrogens (tertiary/aromatic N) is 3. The number of halogens is 6. The number of nitrogen functional groups attached to an aromatic ring is 2. The van der Waals surface area contributed by atoms with Crippen LogP contribution in [0.3, 0.4) is 0 Å². The van der Waals surface area contributed by atoms with Gasteiger partial charge in [-0.1, -0.05) is 12.1 Å². The molecule has 238 valence electrons. The topological polar surface area (TPSA) is 174 Å². The lowest BCUT2D eigenvalue weighted by molar-refractivity contribution is -0.193. The van der Waals surface area contributed by atoms with Crippen LogP contribution >= 0.6 is 0 Å². The van der Waals surface area contributed by atoms with E-state index in [2.05, 4.69) is 14.9 Å². The first-order valence-corrected chi connectivity index (χ1v) is 12.3. The van der Waals surface area contributed by atoms with Gasteiger partial charge in [0.25, 0.3) is 0 Å². The smallest absolute Gasteiger partial charge is 0.490 e. The molecule has 0 spiro atoms. The number of nitrogens with two attached hydrogens (primary N) is 2. The highest BCUT2D eigenvalue weighted by Crippen LogP contribution is 2.26. The predicted octanol–water partition coefficient (Wildman–Crippen LogP) is 4.60. The molecule has 6 N–H and O–H groups in total. The second-order valence-electron chi connectivity index (χ2n) is 8.72. The fourth-order valence-corrected chi connectivity index (χ4v) is 3.27. The molecule has 0 fully saturated rings. The Morgan fingerprint density at radius 3 is 1.36 bits per heavy atom. The summed E-state index contributed by atoms with van der Waals surface area (Å²) in [5, 5.41) is 16.2. The third-order valence-electron chi connectivity index (χ3n) is 5.37. The van der Waals surface area contributed by atoms with Crippen molar-refractivity contribution in [2.45, 2.75) is 12.4 Å². The van der Waals surface area contributed by atoms with Gasteiger partial charge in [0, 0.05) is 23.9 Å². The predicted molar refractivity (Wildman–Crippen MR) is 148 cm³/mol. The Hall–Kier alpha value is -5.06. The van der Waals surface area contributed by atoms with Crippen molar-refractivity contribution in [3.8, 4) is 11.5 Å². The zero-order valence-electron chi connectivity index (χ0n) is 22.9. The minimum Gasteiger partial charge on any atom is -0.492 e. The second-order valence-corrected chi connectivity index (χ2v) is 8.72. The largest absolute Gasteiger partial charge is 0.492 e. The number of alkyl halides is 6. The number of fused-ring (bicyclic) bond motifs is 2. The van der Waals surface area contributed by atoms with Crippen molar-refractivity contribution in [3.63, 3.8) is 0 Å². The number of carboxylic acids is 2. The zero-order chi connectivity index (χ0) is 33.1. The average molecular weight is 632 g/mol. The molecule has 0 atom stereocenters. The molecule has 2 aromatic carbocycles. The Morgan fingerprint density at radius 2 is 1.05 bits per heavy atom. The van der Waals surface area contributed by atoms with Gasteiger partial charge in [-0.3, -0.25) is 4.90 Å². The Labute approximate surface area is 245 Å². The minimum atomic E-state index is -5.08. The number of rotatable bonds is 8. The maximum Gasteiger partial charge on any atom is 0.490 e. The number of carbonyl (C=O) groups is 2. The molecule has 0 bridgehead atoms. The fraction of sp³-hybridized carbons (Fsp3) is 0.259. The molecule has 17 heteroatoms. The number of hydrogen-bond acceptors (Lipinski definition) is 9. The summed E-state index contributed by atoms with van der Waals surface area (Å²) in [6.07, 6.45) is -10.2. The molecule has 0 aliphatic heterocycles. The highest BCUT2D eigenvalue weighted by atomic mass is 19.4. The summed E-state index contributed by atoms with van der Waals surface area (Å²) in [6, 6.07) is 19.1. The van der Waals surface area contributed by atoms with E-state index in [-0.39, 0.29) is 0 Å². The number of aromatic nitrogens is 2. The van der Waals surface area contributed by atoms with Crippen molar-refractivity contribution in [2.75, 3.05) is 44.8 Å². The fourth-order valence-electron chi connectivity index (χ4n) is 3.27. The maximum atomic E-state index is 10.6. The molecule has 0 amide bonds. The van der Waals surface area contributed by atoms with Gasteiger partial charge in [0.2, 0.25) is 0 Å². The van der Waals surface area contributed by atoms with Crippen LogP contribution in [0.2, 0.25) is 0 Å². The number of anilines is 2. The van der Waals surface area contributed by atoms with E-state index >= 15 is 0 Å². The molecule has 0 saturated carbocycles. The van der Waals surface area contributed by atoms with Crippen LogP contribution in [0.25, 0.3) is 21.8 Å². The van der Waals surface area contributed by atoms with Gasteiger partial charge >= 0.3 is 24.3 Å². The molecule has 0 radical (unpaired) electrons. The van der Waals surface area contributed by atoms with Gasteiger partial charge in [-0.25, -0.2) is 19.6 Å². The van der Waals surface area contributed by atoms with Crippen molar-refractivity contribution >= 4 is 45.4 Å². The summed E-state index contributed by atoms with van der Waals surface area (Å²) in [7, 11) is 2.05. The van der Waals surface area contributed by atoms with Crippen LogP contribution in [0.4, 0.5) is 38.0 Å². The van der Waals surface area contributed by atoms with Gasteiger partial charge in [0.15, 0.2) is 0 Å². The molecular formula is C27H27F6N5O6. The summed E-state index contributed by atoms with van der Waals surface area (Å²) in [4.78, 5) is 28.6. The Balaban J connectivity index is 0.000000402. The maximum absolute atomic E-state index is 10.6. The highest BCUT2D eigenvalue weighted by Gasteiger charge is 2.38. The Kier molecular flexibility index (Phi) is 12.3. The summed E-state index contributed by atoms with van der Waals surface area (Å²) in [5.74, 6) is -2.88. The number of aliphatic carboxylic acids is 2. The van der Waals surface area contributed by atoms with Crippen LogP contribution in [0.1, 0.15) is 0 Å². The molecule has 4 aromatic rings. The van der Waals surface area contributed by atoms with Crippen LogP contribution < -0.4 is 20.9 Å². The standard InChI is InChI=1S/C23H25N5O2.2C2HF3O2/c1-28(12-14-29-20-6-2-4-18-16(20)8-10-22(24)26-18)13-15-30-21-7-3-5-19-17(21)9-11-23(25)27-19;2*3-2(4,5)1(6)7/h2-11H,12-15H2,1H3,(H2,24,26)(H2,25,27);2*(H,6,7). The molecule has 0 aliphatic rings. The van der Waals surface area contributed by atoms with Gasteiger partial charge in [-0.15, -0.1) is 0 Å². The summed E-state index contributed by atoms with van der Waals surface area (Å²) >= 11 is 0. The Morgan fingerprint density at radius 1 is 0.705 bits per heavy atom. The monoisotopic (exact) mass is 631 g/mol. The number of hydrogen-bond donors (Lipinski definition) is 4. The third kappa shape index (κ3) is 11.3. The van der Waals surface area contributed by atoms with Crippen molar-refractivity contribution < 1.29 is 55.6 Å². The third-order valence-corrected chi connectivity index (χ3v) is 5.37. The summed E-state index contributed by atoms with van der Waals surface area (Å²) in [5.41, 5.74) is 13.2. The van der Waals surface area contributed by atoms with E-state index in [1.165, 1.54) is 0 Å². The lowest BCUT2D eigenvalue weighted by Gasteiger charge is -2.18. The first-order chi connectivity index (χ1) is 20.5. The number of ether oxygens (including phenoxy) is 2. The lowest BCUT2D eigenvalue weighted by Crippen LogP contribution is -2.28. The molecular weight excluding hydrogens is 604 g/mol. The van der Waals surface area contributed by atoms with E-state index in [0.29, 0.717) is 24.8 Å². The molecule has 2 heterocycles. The van der Waals surface area contributed by atoms with Crippen molar-refractivity contribution in [1.82, 2.24) is 14.9 Å². The van der Waals surface area contributed by atoms with E-state index in [4.69, 9.17) is 40.7 Å². The summed E-state index contributed by atoms with van der Waals surface area (Å²) < 4.78 is 75.4. The highest BCUT2D eigenvalue weighted by molar-refractivity contribution is 5.87. The van der Waals surface area contributed by atoms with Crippen molar-refractivity contribution in [2.24, 2.45) is 0 Å². The van der Waals surface area contributed by atoms with Crippen LogP contribution in [-0.2, 0) is 9.59 Å². The van der Waals surface area contributed by atoms with Crippen LogP contribution in [0.15, 0.2) is 60.7 Å². The first kappa shape index (κ1) is 35.1. The molecule has 0 aliphatic carbocycles. The van der Waals surface area contributed by atoms with E-state index in [0.717, 1.165) is 46.4 Å². The number of carboxylic acid groups (broad SMARTS) is 2. The van der Waals surface area contributed by atoms with Gasteiger partial charge in [0.1, 0.15) is 36.3 Å². The van der Waals surface area contributed by atoms with E-state index in [9.17, 15) is 26.3 Å². The van der Waals surface area contributed by atoms with Gasteiger partial charge in [-0.2, -0.15) is 26.3 Å². The quantitative estimate of drug-likeness (QED) is 0.200. The second kappa shape index (κ2) is 15.4. The molecule has 2 aromatic heterocycles. The van der Waals surface area contributed by atoms with Gasteiger partial charge in [0.05, 0.1) is 11.0 Å². The summed E-state index contributed by atoms with van der Waals surface area (Å²) in [6.45, 7) is 2.68. The van der Waals surface area contributed by atoms with Gasteiger partial charge < -0.3 is 31.2 Å². The van der Waals surface area contributed by atoms with E-state index in [1.54, 1.807) is 12.1 Å². The lowest BCUT2D eigenvalue weighted by atomic mass is 10.2. The zero-order valence-corrected chi connectivity index (χ0v) is 22.9. The SMILES string of the molecule is CN(CCOc1cccc2nc(N)ccc12)CCOc1cccc2nc(N)ccc12.O=C(O)C(F)(F)F.O=C(O)C(F)(F)F. The Bertz CT molecular complexity index is 1450. The van der Waals surface area contributed by atoms with Gasteiger partial charge in [-0.05, 0) is 55.6 Å². The molecule has 44 heavy (non-hydrogen) atoms. The number of likely N-dealkylation sites (N-methyl/N-ethyl adjacent to an activating group) is 1. The number of benzene rings is 2. The minimum absolute atomic E-state index is 0.504. The molecule has 0 unspecified atom stereocenters. The van der Waals surface area contributed by atoms with Crippen molar-refractivity contribution in [3.05, 3.63) is 60.7 Å². The normalized spacial score (nSPS) is 11.3. The van der Waals surface area contributed by atoms with Crippen LogP contribution in [-0.4, -0.2) is 82.7 Å². The molecule has 0 saturated heterocycles. The van der Waals surface area contributed by atoms with E-state index < -0.39 is 24.3 Å². The first-order valence-electron chi connectivity index (χ1n) is 12.3. The van der Waals surface area contributed by atoms with E-state index in [1.807, 2.05) is 55.6 Å². The average Bonchev–Trinajstić information content (AvgIpc) is 2.92. The molecule has 11 nitrogen and oxygen atoms in total. The number of pyridine rings is 2. The van der Waals surface area contributed by atoms with Crippen LogP contribution in [0, 0.1) is 0 Å². The van der Waals surface area contributed by atoms with Crippen molar-refractivity contribution in [1.29, 1.82) is 0 Å². The van der Waals surface area contributed by atoms with Crippen LogP contribution in [0.5, 0.6) is 11.5 Å². The molecule has 4 rings (SSSR count).